The Labute approximate surface area is 164 Å². The van der Waals surface area contributed by atoms with E-state index in [-0.39, 0.29) is 5.91 Å². The Morgan fingerprint density at radius 2 is 1.75 bits per heavy atom. The second-order valence-corrected chi connectivity index (χ2v) is 7.40. The van der Waals surface area contributed by atoms with Gasteiger partial charge >= 0.3 is 5.97 Å². The van der Waals surface area contributed by atoms with E-state index in [1.807, 2.05) is 47.4 Å². The van der Waals surface area contributed by atoms with E-state index in [9.17, 15) is 14.7 Å². The van der Waals surface area contributed by atoms with Crippen molar-refractivity contribution in [3.8, 4) is 5.75 Å². The van der Waals surface area contributed by atoms with E-state index in [2.05, 4.69) is 0 Å². The van der Waals surface area contributed by atoms with E-state index in [1.165, 1.54) is 0 Å². The van der Waals surface area contributed by atoms with Gasteiger partial charge in [0, 0.05) is 18.7 Å². The maximum absolute atomic E-state index is 12.9. The molecule has 28 heavy (non-hydrogen) atoms. The molecule has 0 aliphatic carbocycles. The molecule has 1 fully saturated rings. The predicted octanol–water partition coefficient (Wildman–Crippen LogP) is 3.64. The molecule has 0 saturated carbocycles. The third-order valence-corrected chi connectivity index (χ3v) is 5.56. The Bertz CT molecular complexity index is 926. The lowest BCUT2D eigenvalue weighted by Gasteiger charge is -2.33. The first kappa shape index (κ1) is 18.3. The summed E-state index contributed by atoms with van der Waals surface area (Å²) in [6.07, 6.45) is 4.43. The number of carbonyl (C=O) groups excluding carboxylic acids is 1. The molecule has 0 aromatic heterocycles. The Kier molecular flexibility index (Phi) is 5.15. The van der Waals surface area contributed by atoms with Crippen LogP contribution in [-0.4, -0.2) is 41.6 Å². The zero-order valence-corrected chi connectivity index (χ0v) is 15.6. The van der Waals surface area contributed by atoms with Crippen LogP contribution in [-0.2, 0) is 11.2 Å². The smallest absolute Gasteiger partial charge is 0.335 e. The second kappa shape index (κ2) is 7.89. The highest BCUT2D eigenvalue weighted by Crippen LogP contribution is 2.28. The molecule has 1 N–H and O–H groups in total. The molecule has 144 valence electrons. The summed E-state index contributed by atoms with van der Waals surface area (Å²) in [7, 11) is 0. The zero-order valence-electron chi connectivity index (χ0n) is 15.6. The Morgan fingerprint density at radius 3 is 2.54 bits per heavy atom. The van der Waals surface area contributed by atoms with E-state index >= 15 is 0 Å². The van der Waals surface area contributed by atoms with Crippen molar-refractivity contribution in [3.63, 3.8) is 0 Å². The molecule has 1 amide bonds. The molecule has 2 aromatic carbocycles. The van der Waals surface area contributed by atoms with Gasteiger partial charge < -0.3 is 14.7 Å². The number of ether oxygens (including phenoxy) is 1. The van der Waals surface area contributed by atoms with E-state index in [0.29, 0.717) is 36.8 Å². The summed E-state index contributed by atoms with van der Waals surface area (Å²) < 4.78 is 5.71. The molecule has 5 heteroatoms. The molecule has 2 aliphatic rings. The molecule has 0 radical (unpaired) electrons. The van der Waals surface area contributed by atoms with Crippen molar-refractivity contribution in [1.82, 2.24) is 4.90 Å². The molecule has 0 spiro atoms. The van der Waals surface area contributed by atoms with Crippen LogP contribution >= 0.6 is 0 Å². The standard InChI is InChI=1S/C23H23NO4/c25-22(19-14-18-6-2-4-8-21(18)28-15-19)24-11-9-16(10-12-24)13-17-5-1-3-7-20(17)23(26)27/h1-8,14,16H,9-13,15H2,(H,26,27). The largest absolute Gasteiger partial charge is 0.488 e. The summed E-state index contributed by atoms with van der Waals surface area (Å²) in [5.41, 5.74) is 2.88. The van der Waals surface area contributed by atoms with Crippen LogP contribution in [0, 0.1) is 5.92 Å². The Balaban J connectivity index is 1.38. The first-order valence-electron chi connectivity index (χ1n) is 9.64. The molecule has 5 nitrogen and oxygen atoms in total. The molecule has 1 saturated heterocycles. The highest BCUT2D eigenvalue weighted by molar-refractivity contribution is 5.99. The number of hydrogen-bond acceptors (Lipinski definition) is 3. The van der Waals surface area contributed by atoms with Crippen molar-refractivity contribution in [1.29, 1.82) is 0 Å². The van der Waals surface area contributed by atoms with E-state index in [1.54, 1.807) is 12.1 Å². The van der Waals surface area contributed by atoms with Crippen molar-refractivity contribution >= 4 is 18.0 Å². The van der Waals surface area contributed by atoms with Crippen molar-refractivity contribution in [2.45, 2.75) is 19.3 Å². The SMILES string of the molecule is O=C(O)c1ccccc1CC1CCN(C(=O)C2=Cc3ccccc3OC2)CC1. The van der Waals surface area contributed by atoms with Gasteiger partial charge in [-0.05, 0) is 49.0 Å². The number of piperidine rings is 1. The van der Waals surface area contributed by atoms with Crippen LogP contribution in [0.1, 0.15) is 34.3 Å². The average Bonchev–Trinajstić information content (AvgIpc) is 2.73. The number of hydrogen-bond donors (Lipinski definition) is 1. The summed E-state index contributed by atoms with van der Waals surface area (Å²) in [4.78, 5) is 26.2. The van der Waals surface area contributed by atoms with Crippen LogP contribution in [0.2, 0.25) is 0 Å². The van der Waals surface area contributed by atoms with Crippen LogP contribution in [0.15, 0.2) is 54.1 Å². The number of carboxylic acids is 1. The fourth-order valence-electron chi connectivity index (χ4n) is 4.00. The van der Waals surface area contributed by atoms with Crippen LogP contribution in [0.3, 0.4) is 0 Å². The molecule has 2 aliphatic heterocycles. The van der Waals surface area contributed by atoms with Crippen molar-refractivity contribution < 1.29 is 19.4 Å². The van der Waals surface area contributed by atoms with Gasteiger partial charge in [-0.2, -0.15) is 0 Å². The molecular formula is C23H23NO4. The van der Waals surface area contributed by atoms with Gasteiger partial charge in [0.05, 0.1) is 11.1 Å². The number of nitrogens with zero attached hydrogens (tertiary/aromatic N) is 1. The van der Waals surface area contributed by atoms with Crippen LogP contribution in [0.5, 0.6) is 5.75 Å². The van der Waals surface area contributed by atoms with Gasteiger partial charge in [0.2, 0.25) is 0 Å². The van der Waals surface area contributed by atoms with E-state index in [4.69, 9.17) is 4.74 Å². The summed E-state index contributed by atoms with van der Waals surface area (Å²) in [6.45, 7) is 1.69. The van der Waals surface area contributed by atoms with Crippen molar-refractivity contribution in [3.05, 3.63) is 70.8 Å². The third-order valence-electron chi connectivity index (χ3n) is 5.56. The molecule has 2 heterocycles. The summed E-state index contributed by atoms with van der Waals surface area (Å²) in [6, 6.07) is 14.9. The van der Waals surface area contributed by atoms with Gasteiger partial charge in [0.1, 0.15) is 12.4 Å². The van der Waals surface area contributed by atoms with Crippen LogP contribution in [0.25, 0.3) is 6.08 Å². The summed E-state index contributed by atoms with van der Waals surface area (Å²) in [5, 5.41) is 9.35. The quantitative estimate of drug-likeness (QED) is 0.883. The van der Waals surface area contributed by atoms with E-state index in [0.717, 1.165) is 36.1 Å². The summed E-state index contributed by atoms with van der Waals surface area (Å²) >= 11 is 0. The number of rotatable bonds is 4. The minimum absolute atomic E-state index is 0.0406. The molecular weight excluding hydrogens is 354 g/mol. The molecule has 4 rings (SSSR count). The van der Waals surface area contributed by atoms with Gasteiger partial charge in [-0.15, -0.1) is 0 Å². The fourth-order valence-corrected chi connectivity index (χ4v) is 4.00. The minimum atomic E-state index is -0.882. The minimum Gasteiger partial charge on any atom is -0.488 e. The lowest BCUT2D eigenvalue weighted by atomic mass is 9.88. The van der Waals surface area contributed by atoms with Gasteiger partial charge in [-0.1, -0.05) is 36.4 Å². The average molecular weight is 377 g/mol. The Morgan fingerprint density at radius 1 is 1.04 bits per heavy atom. The van der Waals surface area contributed by atoms with Gasteiger partial charge in [-0.3, -0.25) is 4.79 Å². The molecule has 0 atom stereocenters. The normalized spacial score (nSPS) is 16.7. The number of carboxylic acid groups (broad SMARTS) is 1. The first-order valence-corrected chi connectivity index (χ1v) is 9.64. The predicted molar refractivity (Wildman–Crippen MR) is 106 cm³/mol. The fraction of sp³-hybridized carbons (Fsp3) is 0.304. The summed E-state index contributed by atoms with van der Waals surface area (Å²) in [5.74, 6) is 0.364. The maximum Gasteiger partial charge on any atom is 0.335 e. The third kappa shape index (κ3) is 3.79. The number of benzene rings is 2. The number of para-hydroxylation sites is 1. The van der Waals surface area contributed by atoms with Crippen molar-refractivity contribution in [2.75, 3.05) is 19.7 Å². The molecule has 2 aromatic rings. The van der Waals surface area contributed by atoms with Gasteiger partial charge in [0.15, 0.2) is 0 Å². The number of amides is 1. The lowest BCUT2D eigenvalue weighted by molar-refractivity contribution is -0.128. The lowest BCUT2D eigenvalue weighted by Crippen LogP contribution is -2.40. The monoisotopic (exact) mass is 377 g/mol. The topological polar surface area (TPSA) is 66.8 Å². The highest BCUT2D eigenvalue weighted by atomic mass is 16.5. The number of fused-ring (bicyclic) bond motifs is 1. The molecule has 0 unspecified atom stereocenters. The van der Waals surface area contributed by atoms with Crippen LogP contribution in [0.4, 0.5) is 0 Å². The number of carbonyl (C=O) groups is 2. The highest BCUT2D eigenvalue weighted by Gasteiger charge is 2.27. The Hall–Kier alpha value is -3.08. The van der Waals surface area contributed by atoms with E-state index < -0.39 is 5.97 Å². The van der Waals surface area contributed by atoms with Crippen molar-refractivity contribution in [2.24, 2.45) is 5.92 Å². The van der Waals surface area contributed by atoms with Crippen LogP contribution < -0.4 is 4.74 Å². The first-order chi connectivity index (χ1) is 13.6. The molecule has 0 bridgehead atoms. The van der Waals surface area contributed by atoms with Gasteiger partial charge in [0.25, 0.3) is 5.91 Å². The number of aromatic carboxylic acids is 1. The second-order valence-electron chi connectivity index (χ2n) is 7.40. The zero-order chi connectivity index (χ0) is 19.5. The maximum atomic E-state index is 12.9. The van der Waals surface area contributed by atoms with Gasteiger partial charge in [-0.25, -0.2) is 4.79 Å². The number of likely N-dealkylation sites (tertiary alicyclic amines) is 1.